The summed E-state index contributed by atoms with van der Waals surface area (Å²) < 4.78 is 25.8. The fourth-order valence-corrected chi connectivity index (χ4v) is 6.56. The second-order valence-electron chi connectivity index (χ2n) is 11.4. The van der Waals surface area contributed by atoms with Crippen LogP contribution in [0.25, 0.3) is 11.1 Å². The van der Waals surface area contributed by atoms with Crippen LogP contribution in [0.3, 0.4) is 0 Å². The quantitative estimate of drug-likeness (QED) is 0.210. The Balaban J connectivity index is 1.24. The molecule has 6 rings (SSSR count). The number of anilines is 1. The van der Waals surface area contributed by atoms with Gasteiger partial charge in [0, 0.05) is 11.3 Å². The third-order valence-electron chi connectivity index (χ3n) is 8.42. The standard InChI is InChI=1S/C36H36FNO3S/c1-24-7-5-11-33(40-24)27-17-15-26(16-18-27)28-19-22-31(32(39)23-28)35-34(12-6-8-25-13-20-29(37)21-14-25)41-36(42)38(35)30-9-3-2-4-10-30/h2-4,9-10,13-24,33-35,39H,5-8,11-12H2,1H3. The highest BCUT2D eigenvalue weighted by Gasteiger charge is 2.42. The molecule has 216 valence electrons. The number of aryl methyl sites for hydroxylation is 1. The van der Waals surface area contributed by atoms with Gasteiger partial charge in [-0.15, -0.1) is 0 Å². The number of para-hydroxylation sites is 1. The molecule has 0 spiro atoms. The number of aromatic hydroxyl groups is 1. The molecule has 2 aliphatic heterocycles. The van der Waals surface area contributed by atoms with E-state index >= 15 is 0 Å². The first-order valence-corrected chi connectivity index (χ1v) is 15.2. The molecule has 4 atom stereocenters. The van der Waals surface area contributed by atoms with Crippen LogP contribution in [0.4, 0.5) is 10.1 Å². The summed E-state index contributed by atoms with van der Waals surface area (Å²) >= 11 is 5.72. The van der Waals surface area contributed by atoms with Crippen molar-refractivity contribution in [1.82, 2.24) is 0 Å². The van der Waals surface area contributed by atoms with E-state index in [1.165, 1.54) is 24.1 Å². The van der Waals surface area contributed by atoms with Crippen molar-refractivity contribution in [3.8, 4) is 16.9 Å². The molecule has 2 saturated heterocycles. The topological polar surface area (TPSA) is 41.9 Å². The average molecular weight is 582 g/mol. The van der Waals surface area contributed by atoms with Gasteiger partial charge in [-0.25, -0.2) is 4.39 Å². The number of hydrogen-bond acceptors (Lipinski definition) is 4. The highest BCUT2D eigenvalue weighted by Crippen LogP contribution is 2.43. The number of nitrogens with zero attached hydrogens (tertiary/aromatic N) is 1. The van der Waals surface area contributed by atoms with E-state index in [0.717, 1.165) is 60.0 Å². The number of halogens is 1. The molecule has 4 aromatic carbocycles. The molecule has 4 nitrogen and oxygen atoms in total. The molecule has 0 bridgehead atoms. The zero-order valence-electron chi connectivity index (χ0n) is 23.8. The first kappa shape index (κ1) is 28.4. The number of hydrogen-bond donors (Lipinski definition) is 1. The Hall–Kier alpha value is -3.74. The van der Waals surface area contributed by atoms with E-state index in [4.69, 9.17) is 21.7 Å². The molecule has 0 aliphatic carbocycles. The summed E-state index contributed by atoms with van der Waals surface area (Å²) in [5.74, 6) is -0.0201. The number of benzene rings is 4. The minimum atomic E-state index is -0.282. The van der Waals surface area contributed by atoms with Crippen molar-refractivity contribution in [2.24, 2.45) is 0 Å². The number of phenols is 1. The van der Waals surface area contributed by atoms with Crippen molar-refractivity contribution in [2.45, 2.75) is 69.8 Å². The minimum Gasteiger partial charge on any atom is -0.508 e. The van der Waals surface area contributed by atoms with E-state index in [9.17, 15) is 9.50 Å². The van der Waals surface area contributed by atoms with Gasteiger partial charge in [0.25, 0.3) is 5.17 Å². The largest absolute Gasteiger partial charge is 0.508 e. The van der Waals surface area contributed by atoms with E-state index in [1.54, 1.807) is 0 Å². The Bertz CT molecular complexity index is 1510. The summed E-state index contributed by atoms with van der Waals surface area (Å²) in [4.78, 5) is 2.01. The monoisotopic (exact) mass is 581 g/mol. The van der Waals surface area contributed by atoms with Crippen LogP contribution in [0.1, 0.15) is 67.9 Å². The summed E-state index contributed by atoms with van der Waals surface area (Å²) in [6, 6.07) is 30.7. The molecule has 0 saturated carbocycles. The average Bonchev–Trinajstić information content (AvgIpc) is 3.34. The molecule has 4 unspecified atom stereocenters. The summed E-state index contributed by atoms with van der Waals surface area (Å²) in [6.45, 7) is 2.14. The van der Waals surface area contributed by atoms with Crippen LogP contribution >= 0.6 is 12.2 Å². The third kappa shape index (κ3) is 6.20. The van der Waals surface area contributed by atoms with Gasteiger partial charge in [0.2, 0.25) is 0 Å². The molecule has 2 fully saturated rings. The molecule has 42 heavy (non-hydrogen) atoms. The lowest BCUT2D eigenvalue weighted by molar-refractivity contribution is -0.0414. The second kappa shape index (κ2) is 12.6. The van der Waals surface area contributed by atoms with E-state index in [0.29, 0.717) is 11.3 Å². The maximum absolute atomic E-state index is 13.4. The second-order valence-corrected chi connectivity index (χ2v) is 11.7. The Morgan fingerprint density at radius 1 is 0.905 bits per heavy atom. The molecule has 2 aliphatic rings. The van der Waals surface area contributed by atoms with E-state index in [2.05, 4.69) is 37.3 Å². The zero-order chi connectivity index (χ0) is 29.1. The summed E-state index contributed by atoms with van der Waals surface area (Å²) in [5.41, 5.74) is 5.96. The normalized spacial score (nSPS) is 22.2. The van der Waals surface area contributed by atoms with E-state index < -0.39 is 0 Å². The molecule has 4 aromatic rings. The Morgan fingerprint density at radius 2 is 1.64 bits per heavy atom. The van der Waals surface area contributed by atoms with E-state index in [1.807, 2.05) is 59.5 Å². The van der Waals surface area contributed by atoms with Crippen LogP contribution in [-0.4, -0.2) is 22.5 Å². The highest BCUT2D eigenvalue weighted by atomic mass is 32.1. The predicted octanol–water partition coefficient (Wildman–Crippen LogP) is 9.08. The third-order valence-corrected chi connectivity index (χ3v) is 8.71. The Kier molecular flexibility index (Phi) is 8.54. The van der Waals surface area contributed by atoms with Crippen molar-refractivity contribution in [3.63, 3.8) is 0 Å². The summed E-state index contributed by atoms with van der Waals surface area (Å²) in [7, 11) is 0. The van der Waals surface area contributed by atoms with E-state index in [-0.39, 0.29) is 29.8 Å². The SMILES string of the molecule is CC1CCCC(c2ccc(-c3ccc(C4C(CCCc5ccc(F)cc5)OC(=S)N4c4ccccc4)c(O)c3)cc2)O1. The smallest absolute Gasteiger partial charge is 0.264 e. The van der Waals surface area contributed by atoms with Crippen molar-refractivity contribution in [1.29, 1.82) is 0 Å². The molecule has 6 heteroatoms. The molecule has 0 radical (unpaired) electrons. The molecule has 0 amide bonds. The van der Waals surface area contributed by atoms with Gasteiger partial charge in [-0.3, -0.25) is 4.90 Å². The lowest BCUT2D eigenvalue weighted by Crippen LogP contribution is -2.29. The maximum atomic E-state index is 13.4. The predicted molar refractivity (Wildman–Crippen MR) is 169 cm³/mol. The summed E-state index contributed by atoms with van der Waals surface area (Å²) in [6.07, 6.45) is 5.92. The molecular formula is C36H36FNO3S. The molecule has 1 N–H and O–H groups in total. The number of rotatable bonds is 8. The van der Waals surface area contributed by atoms with Gasteiger partial charge in [-0.1, -0.05) is 66.7 Å². The van der Waals surface area contributed by atoms with Crippen molar-refractivity contribution in [2.75, 3.05) is 4.90 Å². The lowest BCUT2D eigenvalue weighted by Gasteiger charge is -2.28. The number of thiocarbonyl (C=S) groups is 1. The minimum absolute atomic E-state index is 0.147. The number of phenolic OH excluding ortho intramolecular Hbond substituents is 1. The first-order chi connectivity index (χ1) is 20.5. The van der Waals surface area contributed by atoms with Crippen molar-refractivity contribution >= 4 is 23.1 Å². The highest BCUT2D eigenvalue weighted by molar-refractivity contribution is 7.80. The van der Waals surface area contributed by atoms with Gasteiger partial charge >= 0.3 is 0 Å². The van der Waals surface area contributed by atoms with Crippen molar-refractivity contribution in [3.05, 3.63) is 120 Å². The first-order valence-electron chi connectivity index (χ1n) is 14.8. The number of ether oxygens (including phenoxy) is 2. The van der Waals surface area contributed by atoms with Gasteiger partial charge in [0.15, 0.2) is 0 Å². The fraction of sp³-hybridized carbons (Fsp3) is 0.306. The Morgan fingerprint density at radius 3 is 2.36 bits per heavy atom. The van der Waals surface area contributed by atoms with Crippen LogP contribution in [-0.2, 0) is 15.9 Å². The van der Waals surface area contributed by atoms with Crippen LogP contribution in [0.15, 0.2) is 97.1 Å². The fourth-order valence-electron chi connectivity index (χ4n) is 6.22. The van der Waals surface area contributed by atoms with Crippen LogP contribution < -0.4 is 4.90 Å². The van der Waals surface area contributed by atoms with Gasteiger partial charge in [0.1, 0.15) is 23.7 Å². The van der Waals surface area contributed by atoms with Crippen LogP contribution in [0, 0.1) is 5.82 Å². The molecular weight excluding hydrogens is 545 g/mol. The molecule has 0 aromatic heterocycles. The summed E-state index contributed by atoms with van der Waals surface area (Å²) in [5, 5.41) is 11.8. The van der Waals surface area contributed by atoms with Gasteiger partial charge in [-0.05, 0) is 110 Å². The van der Waals surface area contributed by atoms with Crippen LogP contribution in [0.5, 0.6) is 5.75 Å². The Labute approximate surface area is 252 Å². The van der Waals surface area contributed by atoms with Crippen molar-refractivity contribution < 1.29 is 19.0 Å². The van der Waals surface area contributed by atoms with Gasteiger partial charge in [0.05, 0.1) is 12.2 Å². The van der Waals surface area contributed by atoms with Crippen LogP contribution in [0.2, 0.25) is 0 Å². The van der Waals surface area contributed by atoms with Gasteiger partial charge in [-0.2, -0.15) is 0 Å². The lowest BCUT2D eigenvalue weighted by atomic mass is 9.92. The zero-order valence-corrected chi connectivity index (χ0v) is 24.6. The van der Waals surface area contributed by atoms with Gasteiger partial charge < -0.3 is 14.6 Å². The maximum Gasteiger partial charge on any atom is 0.264 e. The molecule has 2 heterocycles.